The van der Waals surface area contributed by atoms with Crippen LogP contribution in [0.15, 0.2) is 17.0 Å². The third kappa shape index (κ3) is 4.01. The number of carboxylic acids is 1. The molecule has 0 spiro atoms. The second-order valence-corrected chi connectivity index (χ2v) is 8.27. The Morgan fingerprint density at radius 1 is 1.33 bits per heavy atom. The highest BCUT2D eigenvalue weighted by atomic mass is 32.2. The Morgan fingerprint density at radius 3 is 2.29 bits per heavy atom. The normalized spacial score (nSPS) is 12.7. The molecule has 1 rings (SSSR count). The van der Waals surface area contributed by atoms with E-state index in [1.165, 1.54) is 14.0 Å². The maximum atomic E-state index is 13.7. The lowest BCUT2D eigenvalue weighted by Gasteiger charge is -2.26. The van der Waals surface area contributed by atoms with Crippen molar-refractivity contribution in [1.82, 2.24) is 4.31 Å². The lowest BCUT2D eigenvalue weighted by molar-refractivity contribution is 0.0691. The molecule has 0 aliphatic heterocycles. The van der Waals surface area contributed by atoms with Gasteiger partial charge in [-0.15, -0.1) is 0 Å². The van der Waals surface area contributed by atoms with Crippen LogP contribution < -0.4 is 0 Å². The topological polar surface area (TPSA) is 74.7 Å². The monoisotopic (exact) mass is 317 g/mol. The van der Waals surface area contributed by atoms with Crippen molar-refractivity contribution in [2.24, 2.45) is 5.41 Å². The molecule has 1 aromatic rings. The zero-order chi connectivity index (χ0) is 16.6. The quantitative estimate of drug-likeness (QED) is 0.926. The number of hydrogen-bond donors (Lipinski definition) is 1. The molecule has 5 nitrogen and oxygen atoms in total. The van der Waals surface area contributed by atoms with Crippen molar-refractivity contribution in [3.05, 3.63) is 29.1 Å². The van der Waals surface area contributed by atoms with Crippen LogP contribution in [0, 0.1) is 18.2 Å². The maximum absolute atomic E-state index is 13.7. The first-order chi connectivity index (χ1) is 9.36. The summed E-state index contributed by atoms with van der Waals surface area (Å²) in [6.45, 7) is 7.26. The van der Waals surface area contributed by atoms with Crippen molar-refractivity contribution in [2.75, 3.05) is 13.6 Å². The molecule has 0 radical (unpaired) electrons. The van der Waals surface area contributed by atoms with Crippen molar-refractivity contribution in [3.8, 4) is 0 Å². The van der Waals surface area contributed by atoms with Crippen LogP contribution in [0.25, 0.3) is 0 Å². The molecule has 0 saturated heterocycles. The number of carbonyl (C=O) groups is 1. The smallest absolute Gasteiger partial charge is 0.338 e. The summed E-state index contributed by atoms with van der Waals surface area (Å²) >= 11 is 0. The van der Waals surface area contributed by atoms with Crippen LogP contribution in [0.1, 0.15) is 36.7 Å². The van der Waals surface area contributed by atoms with Gasteiger partial charge in [0.25, 0.3) is 0 Å². The SMILES string of the molecule is Cc1cc(S(=O)(=O)N(C)CC(C)(C)C)cc(C(=O)O)c1F. The van der Waals surface area contributed by atoms with Crippen LogP contribution in [-0.4, -0.2) is 37.4 Å². The Bertz CT molecular complexity index is 662. The fourth-order valence-electron chi connectivity index (χ4n) is 1.97. The van der Waals surface area contributed by atoms with Gasteiger partial charge in [0.1, 0.15) is 5.82 Å². The van der Waals surface area contributed by atoms with Crippen molar-refractivity contribution >= 4 is 16.0 Å². The maximum Gasteiger partial charge on any atom is 0.338 e. The molecule has 0 fully saturated rings. The fourth-order valence-corrected chi connectivity index (χ4v) is 3.48. The molecule has 0 amide bonds. The molecule has 0 heterocycles. The summed E-state index contributed by atoms with van der Waals surface area (Å²) in [5, 5.41) is 8.96. The van der Waals surface area contributed by atoms with E-state index in [9.17, 15) is 17.6 Å². The third-order valence-electron chi connectivity index (χ3n) is 2.86. The standard InChI is InChI=1S/C14H20FNO4S/c1-9-6-10(7-11(12(9)15)13(17)18)21(19,20)16(5)8-14(2,3)4/h6-7H,8H2,1-5H3,(H,17,18). The number of aromatic carboxylic acids is 1. The van der Waals surface area contributed by atoms with Gasteiger partial charge in [-0.3, -0.25) is 0 Å². The van der Waals surface area contributed by atoms with Gasteiger partial charge in [-0.05, 0) is 30.0 Å². The largest absolute Gasteiger partial charge is 0.478 e. The van der Waals surface area contributed by atoms with Crippen molar-refractivity contribution in [2.45, 2.75) is 32.6 Å². The van der Waals surface area contributed by atoms with E-state index in [1.54, 1.807) is 0 Å². The zero-order valence-corrected chi connectivity index (χ0v) is 13.6. The van der Waals surface area contributed by atoms with E-state index in [1.807, 2.05) is 20.8 Å². The number of rotatable bonds is 4. The minimum absolute atomic E-state index is 0.0161. The van der Waals surface area contributed by atoms with E-state index in [4.69, 9.17) is 5.11 Å². The summed E-state index contributed by atoms with van der Waals surface area (Å²) in [4.78, 5) is 10.8. The molecule has 0 aliphatic rings. The number of hydrogen-bond acceptors (Lipinski definition) is 3. The van der Waals surface area contributed by atoms with Gasteiger partial charge in [0, 0.05) is 13.6 Å². The minimum Gasteiger partial charge on any atom is -0.478 e. The van der Waals surface area contributed by atoms with Gasteiger partial charge in [-0.2, -0.15) is 0 Å². The summed E-state index contributed by atoms with van der Waals surface area (Å²) in [5.41, 5.74) is -0.914. The molecule has 1 N–H and O–H groups in total. The van der Waals surface area contributed by atoms with Gasteiger partial charge < -0.3 is 5.11 Å². The lowest BCUT2D eigenvalue weighted by Crippen LogP contribution is -2.34. The number of carboxylic acid groups (broad SMARTS) is 1. The van der Waals surface area contributed by atoms with Crippen molar-refractivity contribution < 1.29 is 22.7 Å². The Morgan fingerprint density at radius 2 is 1.86 bits per heavy atom. The van der Waals surface area contributed by atoms with Crippen LogP contribution in [-0.2, 0) is 10.0 Å². The molecule has 21 heavy (non-hydrogen) atoms. The first-order valence-corrected chi connectivity index (χ1v) is 7.80. The highest BCUT2D eigenvalue weighted by Gasteiger charge is 2.27. The minimum atomic E-state index is -3.86. The molecular formula is C14H20FNO4S. The fraction of sp³-hybridized carbons (Fsp3) is 0.500. The molecular weight excluding hydrogens is 297 g/mol. The summed E-state index contributed by atoms with van der Waals surface area (Å²) in [6, 6.07) is 2.01. The van der Waals surface area contributed by atoms with E-state index in [2.05, 4.69) is 0 Å². The molecule has 0 bridgehead atoms. The van der Waals surface area contributed by atoms with E-state index in [0.717, 1.165) is 16.4 Å². The van der Waals surface area contributed by atoms with E-state index < -0.39 is 27.4 Å². The molecule has 0 aliphatic carbocycles. The Hall–Kier alpha value is -1.47. The third-order valence-corrected chi connectivity index (χ3v) is 4.64. The van der Waals surface area contributed by atoms with Crippen LogP contribution >= 0.6 is 0 Å². The summed E-state index contributed by atoms with van der Waals surface area (Å²) in [6.07, 6.45) is 0. The lowest BCUT2D eigenvalue weighted by atomic mass is 9.97. The molecule has 0 unspecified atom stereocenters. The Labute approximate surface area is 124 Å². The second kappa shape index (κ2) is 5.73. The predicted molar refractivity (Wildman–Crippen MR) is 77.4 cm³/mol. The Balaban J connectivity index is 3.36. The molecule has 0 saturated carbocycles. The first kappa shape index (κ1) is 17.6. The Kier molecular flexibility index (Phi) is 4.80. The molecule has 0 aromatic heterocycles. The van der Waals surface area contributed by atoms with Gasteiger partial charge in [-0.1, -0.05) is 20.8 Å². The van der Waals surface area contributed by atoms with Crippen LogP contribution in [0.3, 0.4) is 0 Å². The molecule has 1 aromatic carbocycles. The summed E-state index contributed by atoms with van der Waals surface area (Å²) in [7, 11) is -2.45. The molecule has 118 valence electrons. The summed E-state index contributed by atoms with van der Waals surface area (Å²) < 4.78 is 39.8. The number of sulfonamides is 1. The van der Waals surface area contributed by atoms with Gasteiger partial charge in [0.15, 0.2) is 0 Å². The van der Waals surface area contributed by atoms with E-state index in [-0.39, 0.29) is 22.4 Å². The van der Waals surface area contributed by atoms with Gasteiger partial charge in [0.05, 0.1) is 10.5 Å². The van der Waals surface area contributed by atoms with Gasteiger partial charge in [-0.25, -0.2) is 21.9 Å². The van der Waals surface area contributed by atoms with E-state index >= 15 is 0 Å². The van der Waals surface area contributed by atoms with Crippen molar-refractivity contribution in [3.63, 3.8) is 0 Å². The average molecular weight is 317 g/mol. The predicted octanol–water partition coefficient (Wildman–Crippen LogP) is 2.50. The highest BCUT2D eigenvalue weighted by Crippen LogP contribution is 2.24. The van der Waals surface area contributed by atoms with Crippen molar-refractivity contribution in [1.29, 1.82) is 0 Å². The zero-order valence-electron chi connectivity index (χ0n) is 12.8. The second-order valence-electron chi connectivity index (χ2n) is 6.23. The van der Waals surface area contributed by atoms with Gasteiger partial charge >= 0.3 is 5.97 Å². The molecule has 0 atom stereocenters. The van der Waals surface area contributed by atoms with Crippen LogP contribution in [0.5, 0.6) is 0 Å². The number of halogens is 1. The first-order valence-electron chi connectivity index (χ1n) is 6.36. The molecule has 7 heteroatoms. The van der Waals surface area contributed by atoms with E-state index in [0.29, 0.717) is 0 Å². The van der Waals surface area contributed by atoms with Crippen LogP contribution in [0.4, 0.5) is 4.39 Å². The number of benzene rings is 1. The summed E-state index contributed by atoms with van der Waals surface area (Å²) in [5.74, 6) is -2.41. The number of aryl methyl sites for hydroxylation is 1. The number of nitrogens with zero attached hydrogens (tertiary/aromatic N) is 1. The average Bonchev–Trinajstić information content (AvgIpc) is 2.29. The highest BCUT2D eigenvalue weighted by molar-refractivity contribution is 7.89. The van der Waals surface area contributed by atoms with Crippen LogP contribution in [0.2, 0.25) is 0 Å². The van der Waals surface area contributed by atoms with Gasteiger partial charge in [0.2, 0.25) is 10.0 Å².